The van der Waals surface area contributed by atoms with Gasteiger partial charge in [-0.1, -0.05) is 25.0 Å². The maximum atomic E-state index is 13.4. The number of nitrogens with zero attached hydrogens (tertiary/aromatic N) is 1. The molecule has 1 aliphatic rings. The van der Waals surface area contributed by atoms with Gasteiger partial charge in [0, 0.05) is 37.8 Å². The molecule has 0 saturated heterocycles. The molecule has 1 heterocycles. The number of benzene rings is 2. The van der Waals surface area contributed by atoms with E-state index >= 15 is 0 Å². The van der Waals surface area contributed by atoms with Crippen LogP contribution in [0.15, 0.2) is 47.3 Å². The summed E-state index contributed by atoms with van der Waals surface area (Å²) in [5, 5.41) is 3.55. The predicted octanol–water partition coefficient (Wildman–Crippen LogP) is 4.48. The number of fused-ring (bicyclic) bond motifs is 1. The minimum atomic E-state index is -0.262. The summed E-state index contributed by atoms with van der Waals surface area (Å²) in [6.07, 6.45) is 4.74. The summed E-state index contributed by atoms with van der Waals surface area (Å²) in [5.41, 5.74) is 1.68. The fourth-order valence-corrected chi connectivity index (χ4v) is 5.02. The van der Waals surface area contributed by atoms with E-state index < -0.39 is 0 Å². The first-order valence-electron chi connectivity index (χ1n) is 11.2. The van der Waals surface area contributed by atoms with Crippen LogP contribution in [0, 0.1) is 10.6 Å². The lowest BCUT2D eigenvalue weighted by atomic mass is 9.78. The molecule has 174 valence electrons. The quantitative estimate of drug-likeness (QED) is 0.377. The molecule has 0 spiro atoms. The third-order valence-electron chi connectivity index (χ3n) is 6.58. The number of methoxy groups -OCH3 is 1. The highest BCUT2D eigenvalue weighted by atomic mass is 32.1. The van der Waals surface area contributed by atoms with Gasteiger partial charge in [0.25, 0.3) is 11.5 Å². The molecule has 2 N–H and O–H groups in total. The van der Waals surface area contributed by atoms with Crippen LogP contribution in [0.4, 0.5) is 4.39 Å². The van der Waals surface area contributed by atoms with E-state index in [0.29, 0.717) is 47.4 Å². The summed E-state index contributed by atoms with van der Waals surface area (Å²) in [4.78, 5) is 28.9. The van der Waals surface area contributed by atoms with Crippen molar-refractivity contribution in [2.45, 2.75) is 44.1 Å². The first kappa shape index (κ1) is 23.3. The minimum absolute atomic E-state index is 0.182. The van der Waals surface area contributed by atoms with Crippen molar-refractivity contribution in [1.82, 2.24) is 14.9 Å². The molecule has 0 radical (unpaired) electrons. The highest BCUT2D eigenvalue weighted by molar-refractivity contribution is 7.71. The Morgan fingerprint density at radius 3 is 2.64 bits per heavy atom. The number of amides is 1. The molecule has 0 aliphatic heterocycles. The van der Waals surface area contributed by atoms with Crippen LogP contribution in [0.5, 0.6) is 0 Å². The Morgan fingerprint density at radius 2 is 1.94 bits per heavy atom. The Morgan fingerprint density at radius 1 is 1.21 bits per heavy atom. The van der Waals surface area contributed by atoms with Crippen molar-refractivity contribution in [3.8, 4) is 0 Å². The van der Waals surface area contributed by atoms with E-state index in [4.69, 9.17) is 17.0 Å². The average Bonchev–Trinajstić information content (AvgIpc) is 3.30. The van der Waals surface area contributed by atoms with Crippen molar-refractivity contribution < 1.29 is 13.9 Å². The van der Waals surface area contributed by atoms with Crippen LogP contribution in [0.2, 0.25) is 0 Å². The van der Waals surface area contributed by atoms with Gasteiger partial charge >= 0.3 is 0 Å². The van der Waals surface area contributed by atoms with Crippen LogP contribution in [-0.2, 0) is 16.7 Å². The summed E-state index contributed by atoms with van der Waals surface area (Å²) < 4.78 is 20.3. The second-order valence-corrected chi connectivity index (χ2v) is 9.06. The number of rotatable bonds is 8. The Kier molecular flexibility index (Phi) is 7.05. The topological polar surface area (TPSA) is 76.1 Å². The number of aromatic amines is 1. The van der Waals surface area contributed by atoms with Gasteiger partial charge in [0.15, 0.2) is 4.77 Å². The van der Waals surface area contributed by atoms with E-state index in [1.54, 1.807) is 25.3 Å². The van der Waals surface area contributed by atoms with Gasteiger partial charge in [-0.2, -0.15) is 0 Å². The lowest BCUT2D eigenvalue weighted by Gasteiger charge is -2.30. The molecule has 33 heavy (non-hydrogen) atoms. The summed E-state index contributed by atoms with van der Waals surface area (Å²) in [7, 11) is 1.62. The summed E-state index contributed by atoms with van der Waals surface area (Å²) in [6, 6.07) is 11.6. The maximum Gasteiger partial charge on any atom is 0.262 e. The second-order valence-electron chi connectivity index (χ2n) is 8.67. The summed E-state index contributed by atoms with van der Waals surface area (Å²) in [6.45, 7) is 1.48. The van der Waals surface area contributed by atoms with Crippen LogP contribution < -0.4 is 10.9 Å². The fraction of sp³-hybridized carbons (Fsp3) is 0.400. The number of carbonyl (C=O) groups excluding carboxylic acids is 1. The smallest absolute Gasteiger partial charge is 0.262 e. The number of H-pyrrole nitrogens is 1. The molecule has 1 aromatic heterocycles. The highest BCUT2D eigenvalue weighted by Crippen LogP contribution is 2.40. The predicted molar refractivity (Wildman–Crippen MR) is 129 cm³/mol. The van der Waals surface area contributed by atoms with Crippen molar-refractivity contribution in [3.63, 3.8) is 0 Å². The molecule has 0 atom stereocenters. The summed E-state index contributed by atoms with van der Waals surface area (Å²) in [5.74, 6) is -0.476. The average molecular weight is 470 g/mol. The van der Waals surface area contributed by atoms with Crippen molar-refractivity contribution in [1.29, 1.82) is 0 Å². The van der Waals surface area contributed by atoms with Crippen LogP contribution in [0.1, 0.15) is 48.0 Å². The first-order chi connectivity index (χ1) is 15.9. The lowest BCUT2D eigenvalue weighted by molar-refractivity contribution is 0.0943. The number of nitrogens with one attached hydrogen (secondary N) is 2. The van der Waals surface area contributed by atoms with E-state index in [-0.39, 0.29) is 22.7 Å². The van der Waals surface area contributed by atoms with Gasteiger partial charge in [-0.3, -0.25) is 14.2 Å². The standard InChI is InChI=1S/C25H28FN3O3S/c1-32-14-4-13-29-23(31)20-10-5-17(15-21(20)28-24(29)33)22(30)27-16-25(11-2-3-12-25)18-6-8-19(26)9-7-18/h5-10,15H,2-4,11-14,16H2,1H3,(H,27,30)(H,28,33). The van der Waals surface area contributed by atoms with E-state index in [1.807, 2.05) is 12.1 Å². The second kappa shape index (κ2) is 9.97. The van der Waals surface area contributed by atoms with Crippen LogP contribution in [-0.4, -0.2) is 35.7 Å². The normalized spacial score (nSPS) is 15.1. The Bertz CT molecular complexity index is 1260. The molecule has 6 nitrogen and oxygen atoms in total. The van der Waals surface area contributed by atoms with Gasteiger partial charge in [0.1, 0.15) is 5.82 Å². The van der Waals surface area contributed by atoms with Crippen LogP contribution in [0.25, 0.3) is 10.9 Å². The van der Waals surface area contributed by atoms with E-state index in [0.717, 1.165) is 31.2 Å². The Balaban J connectivity index is 1.54. The zero-order valence-corrected chi connectivity index (χ0v) is 19.5. The van der Waals surface area contributed by atoms with Gasteiger partial charge < -0.3 is 15.0 Å². The third-order valence-corrected chi connectivity index (χ3v) is 6.90. The monoisotopic (exact) mass is 469 g/mol. The minimum Gasteiger partial charge on any atom is -0.385 e. The molecule has 2 aromatic carbocycles. The van der Waals surface area contributed by atoms with Gasteiger partial charge in [-0.25, -0.2) is 4.39 Å². The van der Waals surface area contributed by atoms with Crippen molar-refractivity contribution in [2.24, 2.45) is 0 Å². The molecule has 0 bridgehead atoms. The fourth-order valence-electron chi connectivity index (χ4n) is 4.74. The molecule has 0 unspecified atom stereocenters. The molecular formula is C25H28FN3O3S. The van der Waals surface area contributed by atoms with E-state index in [9.17, 15) is 14.0 Å². The van der Waals surface area contributed by atoms with E-state index in [1.165, 1.54) is 16.7 Å². The zero-order valence-electron chi connectivity index (χ0n) is 18.7. The number of carbonyl (C=O) groups is 1. The number of hydrogen-bond acceptors (Lipinski definition) is 4. The van der Waals surface area contributed by atoms with Gasteiger partial charge in [0.05, 0.1) is 10.9 Å². The number of hydrogen-bond donors (Lipinski definition) is 2. The lowest BCUT2D eigenvalue weighted by Crippen LogP contribution is -2.39. The first-order valence-corrected chi connectivity index (χ1v) is 11.6. The molecule has 1 aliphatic carbocycles. The van der Waals surface area contributed by atoms with Crippen LogP contribution in [0.3, 0.4) is 0 Å². The molecular weight excluding hydrogens is 441 g/mol. The van der Waals surface area contributed by atoms with Crippen LogP contribution >= 0.6 is 12.2 Å². The zero-order chi connectivity index (χ0) is 23.4. The molecule has 3 aromatic rings. The molecule has 8 heteroatoms. The van der Waals surface area contributed by atoms with Crippen molar-refractivity contribution in [3.05, 3.63) is 74.5 Å². The van der Waals surface area contributed by atoms with Gasteiger partial charge in [-0.15, -0.1) is 0 Å². The maximum absolute atomic E-state index is 13.4. The molecule has 1 saturated carbocycles. The molecule has 1 amide bonds. The molecule has 4 rings (SSSR count). The summed E-state index contributed by atoms with van der Waals surface area (Å²) >= 11 is 5.37. The van der Waals surface area contributed by atoms with E-state index in [2.05, 4.69) is 10.3 Å². The van der Waals surface area contributed by atoms with Gasteiger partial charge in [0.2, 0.25) is 0 Å². The number of ether oxygens (including phenoxy) is 1. The van der Waals surface area contributed by atoms with Gasteiger partial charge in [-0.05, 0) is 67.4 Å². The third kappa shape index (κ3) is 4.91. The largest absolute Gasteiger partial charge is 0.385 e. The number of halogens is 1. The van der Waals surface area contributed by atoms with Crippen molar-refractivity contribution >= 4 is 29.0 Å². The Labute approximate surface area is 196 Å². The van der Waals surface area contributed by atoms with Crippen molar-refractivity contribution in [2.75, 3.05) is 20.3 Å². The highest BCUT2D eigenvalue weighted by Gasteiger charge is 2.36. The molecule has 1 fully saturated rings. The SMILES string of the molecule is COCCCn1c(=S)[nH]c2cc(C(=O)NCC3(c4ccc(F)cc4)CCCC3)ccc2c1=O. The number of aromatic nitrogens is 2. The Hall–Kier alpha value is -2.84.